The molecule has 0 saturated carbocycles. The third kappa shape index (κ3) is 3.36. The zero-order valence-corrected chi connectivity index (χ0v) is 12.5. The molecule has 0 spiro atoms. The predicted octanol–water partition coefficient (Wildman–Crippen LogP) is 3.66. The smallest absolute Gasteiger partial charge is 0.304 e. The van der Waals surface area contributed by atoms with Crippen LogP contribution in [0.25, 0.3) is 11.0 Å². The maximum Gasteiger partial charge on any atom is 0.304 e. The molecule has 1 unspecified atom stereocenters. The van der Waals surface area contributed by atoms with Crippen molar-refractivity contribution in [3.8, 4) is 0 Å². The predicted molar refractivity (Wildman–Crippen MR) is 77.2 cm³/mol. The molecule has 1 N–H and O–H groups in total. The average molecular weight is 326 g/mol. The lowest BCUT2D eigenvalue weighted by Gasteiger charge is -2.21. The van der Waals surface area contributed by atoms with E-state index < -0.39 is 5.97 Å². The summed E-state index contributed by atoms with van der Waals surface area (Å²) in [7, 11) is 1.90. The van der Waals surface area contributed by atoms with E-state index in [9.17, 15) is 4.79 Å². The Bertz CT molecular complexity index is 593. The average Bonchev–Trinajstić information content (AvgIpc) is 2.77. The number of carboxylic acid groups (broad SMARTS) is 1. The number of hydrogen-bond donors (Lipinski definition) is 1. The second kappa shape index (κ2) is 5.75. The number of carboxylic acids is 1. The highest BCUT2D eigenvalue weighted by atomic mass is 79.9. The first kappa shape index (κ1) is 14.1. The number of benzene rings is 1. The van der Waals surface area contributed by atoms with Gasteiger partial charge >= 0.3 is 5.97 Å². The van der Waals surface area contributed by atoms with Crippen LogP contribution in [0.3, 0.4) is 0 Å². The van der Waals surface area contributed by atoms with Crippen LogP contribution in [0.5, 0.6) is 0 Å². The second-order valence-electron chi connectivity index (χ2n) is 4.63. The van der Waals surface area contributed by atoms with E-state index >= 15 is 0 Å². The molecule has 0 aliphatic carbocycles. The number of furan rings is 1. The highest BCUT2D eigenvalue weighted by Crippen LogP contribution is 2.28. The molecule has 0 amide bonds. The number of nitrogens with zero attached hydrogens (tertiary/aromatic N) is 1. The molecule has 0 bridgehead atoms. The van der Waals surface area contributed by atoms with Crippen LogP contribution in [-0.4, -0.2) is 29.6 Å². The molecule has 1 aromatic carbocycles. The maximum absolute atomic E-state index is 10.6. The number of fused-ring (bicyclic) bond motifs is 1. The molecule has 0 radical (unpaired) electrons. The number of carbonyl (C=O) groups is 1. The van der Waals surface area contributed by atoms with Gasteiger partial charge in [-0.2, -0.15) is 0 Å². The zero-order valence-electron chi connectivity index (χ0n) is 10.9. The largest absolute Gasteiger partial charge is 0.481 e. The Balaban J connectivity index is 2.16. The Morgan fingerprint density at radius 2 is 2.21 bits per heavy atom. The molecule has 1 aromatic heterocycles. The van der Waals surface area contributed by atoms with Gasteiger partial charge < -0.3 is 9.52 Å². The van der Waals surface area contributed by atoms with E-state index in [4.69, 9.17) is 9.52 Å². The van der Waals surface area contributed by atoms with Gasteiger partial charge in [0.25, 0.3) is 0 Å². The molecule has 2 rings (SSSR count). The molecule has 5 heteroatoms. The zero-order chi connectivity index (χ0) is 14.0. The van der Waals surface area contributed by atoms with Crippen molar-refractivity contribution < 1.29 is 14.3 Å². The topological polar surface area (TPSA) is 53.7 Å². The first-order valence-electron chi connectivity index (χ1n) is 6.08. The van der Waals surface area contributed by atoms with E-state index in [-0.39, 0.29) is 12.5 Å². The highest BCUT2D eigenvalue weighted by Gasteiger charge is 2.17. The van der Waals surface area contributed by atoms with Gasteiger partial charge in [0, 0.05) is 16.4 Å². The number of halogens is 1. The van der Waals surface area contributed by atoms with E-state index in [2.05, 4.69) is 15.9 Å². The molecule has 0 aliphatic heterocycles. The molecule has 102 valence electrons. The molecule has 0 aliphatic rings. The van der Waals surface area contributed by atoms with Crippen molar-refractivity contribution in [2.75, 3.05) is 13.6 Å². The van der Waals surface area contributed by atoms with Gasteiger partial charge in [0.15, 0.2) is 0 Å². The van der Waals surface area contributed by atoms with Gasteiger partial charge in [0.05, 0.1) is 12.5 Å². The second-order valence-corrected chi connectivity index (χ2v) is 5.55. The summed E-state index contributed by atoms with van der Waals surface area (Å²) in [5.41, 5.74) is 0.844. The van der Waals surface area contributed by atoms with E-state index in [1.807, 2.05) is 43.1 Å². The van der Waals surface area contributed by atoms with Gasteiger partial charge in [-0.15, -0.1) is 0 Å². The third-order valence-corrected chi connectivity index (χ3v) is 3.74. The standard InChI is InChI=1S/C14H16BrNO3/c1-9(16(2)6-5-14(17)18)13-8-10-7-11(15)3-4-12(10)19-13/h3-4,7-9H,5-6H2,1-2H3,(H,17,18). The fourth-order valence-corrected chi connectivity index (χ4v) is 2.30. The van der Waals surface area contributed by atoms with Crippen molar-refractivity contribution >= 4 is 32.9 Å². The summed E-state index contributed by atoms with van der Waals surface area (Å²) >= 11 is 3.43. The van der Waals surface area contributed by atoms with Crippen molar-refractivity contribution in [2.45, 2.75) is 19.4 Å². The van der Waals surface area contributed by atoms with E-state index in [1.54, 1.807) is 0 Å². The van der Waals surface area contributed by atoms with E-state index in [0.29, 0.717) is 6.54 Å². The molecule has 0 saturated heterocycles. The van der Waals surface area contributed by atoms with Gasteiger partial charge in [0.2, 0.25) is 0 Å². The Morgan fingerprint density at radius 1 is 1.47 bits per heavy atom. The molecule has 4 nitrogen and oxygen atoms in total. The first-order valence-corrected chi connectivity index (χ1v) is 6.87. The Morgan fingerprint density at radius 3 is 2.89 bits per heavy atom. The SMILES string of the molecule is CC(c1cc2cc(Br)ccc2o1)N(C)CCC(=O)O. The summed E-state index contributed by atoms with van der Waals surface area (Å²) in [6, 6.07) is 7.92. The van der Waals surface area contributed by atoms with Gasteiger partial charge in [-0.25, -0.2) is 0 Å². The van der Waals surface area contributed by atoms with Gasteiger partial charge in [-0.05, 0) is 38.2 Å². The summed E-state index contributed by atoms with van der Waals surface area (Å²) in [6.07, 6.45) is 0.132. The van der Waals surface area contributed by atoms with Crippen LogP contribution in [-0.2, 0) is 4.79 Å². The molecular formula is C14H16BrNO3. The van der Waals surface area contributed by atoms with Crippen molar-refractivity contribution in [2.24, 2.45) is 0 Å². The fourth-order valence-electron chi connectivity index (χ4n) is 1.92. The van der Waals surface area contributed by atoms with Gasteiger partial charge in [0.1, 0.15) is 11.3 Å². The van der Waals surface area contributed by atoms with Crippen molar-refractivity contribution in [1.29, 1.82) is 0 Å². The highest BCUT2D eigenvalue weighted by molar-refractivity contribution is 9.10. The minimum Gasteiger partial charge on any atom is -0.481 e. The van der Waals surface area contributed by atoms with E-state index in [0.717, 1.165) is 21.2 Å². The van der Waals surface area contributed by atoms with Crippen molar-refractivity contribution in [3.63, 3.8) is 0 Å². The van der Waals surface area contributed by atoms with Crippen LogP contribution in [0.1, 0.15) is 25.1 Å². The number of hydrogen-bond acceptors (Lipinski definition) is 3. The van der Waals surface area contributed by atoms with Crippen molar-refractivity contribution in [3.05, 3.63) is 34.5 Å². The summed E-state index contributed by atoms with van der Waals surface area (Å²) in [4.78, 5) is 12.6. The Kier molecular flexibility index (Phi) is 4.27. The van der Waals surface area contributed by atoms with Crippen LogP contribution in [0.4, 0.5) is 0 Å². The molecule has 0 fully saturated rings. The minimum absolute atomic E-state index is 0.0468. The van der Waals surface area contributed by atoms with Gasteiger partial charge in [-0.3, -0.25) is 9.69 Å². The molecule has 1 atom stereocenters. The monoisotopic (exact) mass is 325 g/mol. The number of aliphatic carboxylic acids is 1. The summed E-state index contributed by atoms with van der Waals surface area (Å²) in [5, 5.41) is 9.75. The van der Waals surface area contributed by atoms with Crippen LogP contribution in [0.15, 0.2) is 33.2 Å². The summed E-state index contributed by atoms with van der Waals surface area (Å²) in [5.74, 6) is 0.0635. The Labute approximate surface area is 120 Å². The van der Waals surface area contributed by atoms with Crippen LogP contribution >= 0.6 is 15.9 Å². The quantitative estimate of drug-likeness (QED) is 0.911. The molecule has 2 aromatic rings. The van der Waals surface area contributed by atoms with E-state index in [1.165, 1.54) is 0 Å². The molecule has 1 heterocycles. The number of rotatable bonds is 5. The molecule has 19 heavy (non-hydrogen) atoms. The maximum atomic E-state index is 10.6. The normalized spacial score (nSPS) is 13.1. The van der Waals surface area contributed by atoms with Crippen LogP contribution in [0.2, 0.25) is 0 Å². The molecular weight excluding hydrogens is 310 g/mol. The lowest BCUT2D eigenvalue weighted by Crippen LogP contribution is -2.24. The minimum atomic E-state index is -0.785. The van der Waals surface area contributed by atoms with Crippen LogP contribution in [0, 0.1) is 0 Å². The fraction of sp³-hybridized carbons (Fsp3) is 0.357. The summed E-state index contributed by atoms with van der Waals surface area (Å²) in [6.45, 7) is 2.51. The summed E-state index contributed by atoms with van der Waals surface area (Å²) < 4.78 is 6.82. The first-order chi connectivity index (χ1) is 8.97. The van der Waals surface area contributed by atoms with Crippen molar-refractivity contribution in [1.82, 2.24) is 4.90 Å². The van der Waals surface area contributed by atoms with Crippen LogP contribution < -0.4 is 0 Å². The third-order valence-electron chi connectivity index (χ3n) is 3.25. The Hall–Kier alpha value is -1.33. The lowest BCUT2D eigenvalue weighted by atomic mass is 10.2. The van der Waals surface area contributed by atoms with Gasteiger partial charge in [-0.1, -0.05) is 15.9 Å². The lowest BCUT2D eigenvalue weighted by molar-refractivity contribution is -0.137.